The molecule has 8 heteroatoms. The molecule has 0 saturated heterocycles. The largest absolute Gasteiger partial charge is 0.489 e. The standard InChI is InChI=1S/C17H18BN3O4/c22-10-12-13(18(24)25)5-6-19-16(12)21-8-7-20-14-4-2-1-3-11(14)9-15(20)17(21)23/h5-6,9-10,24-25H,1-4,7-8H2. The van der Waals surface area contributed by atoms with Gasteiger partial charge in [0.25, 0.3) is 5.91 Å². The molecule has 0 radical (unpaired) electrons. The quantitative estimate of drug-likeness (QED) is 0.602. The van der Waals surface area contributed by atoms with Crippen LogP contribution in [0.25, 0.3) is 0 Å². The Kier molecular flexibility index (Phi) is 3.93. The molecule has 25 heavy (non-hydrogen) atoms. The van der Waals surface area contributed by atoms with Gasteiger partial charge in [0.1, 0.15) is 11.5 Å². The molecule has 2 aromatic heterocycles. The zero-order valence-corrected chi connectivity index (χ0v) is 13.7. The van der Waals surface area contributed by atoms with Gasteiger partial charge in [0.05, 0.1) is 5.56 Å². The van der Waals surface area contributed by atoms with E-state index >= 15 is 0 Å². The van der Waals surface area contributed by atoms with Crippen LogP contribution in [0.5, 0.6) is 0 Å². The number of carbonyl (C=O) groups is 2. The topological polar surface area (TPSA) is 95.7 Å². The predicted octanol–water partition coefficient (Wildman–Crippen LogP) is -0.0854. The van der Waals surface area contributed by atoms with E-state index in [1.54, 1.807) is 0 Å². The molecule has 0 bridgehead atoms. The molecule has 0 spiro atoms. The highest BCUT2D eigenvalue weighted by Gasteiger charge is 2.33. The second-order valence-corrected chi connectivity index (χ2v) is 6.45. The molecule has 0 fully saturated rings. The van der Waals surface area contributed by atoms with Crippen molar-refractivity contribution in [1.82, 2.24) is 9.55 Å². The maximum atomic E-state index is 13.0. The average Bonchev–Trinajstić information content (AvgIpc) is 3.01. The number of carbonyl (C=O) groups excluding carboxylic acids is 2. The molecule has 0 aromatic carbocycles. The number of fused-ring (bicyclic) bond motifs is 3. The summed E-state index contributed by atoms with van der Waals surface area (Å²) in [6.07, 6.45) is 6.16. The fourth-order valence-electron chi connectivity index (χ4n) is 3.88. The minimum atomic E-state index is -1.79. The molecule has 1 aliphatic carbocycles. The van der Waals surface area contributed by atoms with Gasteiger partial charge in [-0.3, -0.25) is 14.5 Å². The van der Waals surface area contributed by atoms with Gasteiger partial charge in [0, 0.05) is 25.0 Å². The third-order valence-corrected chi connectivity index (χ3v) is 5.07. The van der Waals surface area contributed by atoms with Crippen LogP contribution >= 0.6 is 0 Å². The summed E-state index contributed by atoms with van der Waals surface area (Å²) in [6, 6.07) is 3.32. The second-order valence-electron chi connectivity index (χ2n) is 6.45. The van der Waals surface area contributed by atoms with Crippen LogP contribution in [0.3, 0.4) is 0 Å². The second kappa shape index (κ2) is 6.13. The van der Waals surface area contributed by atoms with Crippen LogP contribution in [0.4, 0.5) is 5.82 Å². The molecule has 0 unspecified atom stereocenters. The average molecular weight is 339 g/mol. The van der Waals surface area contributed by atoms with Crippen molar-refractivity contribution in [2.24, 2.45) is 0 Å². The van der Waals surface area contributed by atoms with E-state index in [4.69, 9.17) is 0 Å². The van der Waals surface area contributed by atoms with Crippen LogP contribution in [0.15, 0.2) is 18.3 Å². The van der Waals surface area contributed by atoms with E-state index in [1.807, 2.05) is 6.07 Å². The lowest BCUT2D eigenvalue weighted by Gasteiger charge is -2.30. The lowest BCUT2D eigenvalue weighted by atomic mass is 9.77. The Morgan fingerprint density at radius 3 is 2.76 bits per heavy atom. The van der Waals surface area contributed by atoms with Crippen molar-refractivity contribution >= 4 is 30.6 Å². The van der Waals surface area contributed by atoms with Crippen molar-refractivity contribution in [3.8, 4) is 0 Å². The van der Waals surface area contributed by atoms with Gasteiger partial charge in [-0.05, 0) is 48.8 Å². The summed E-state index contributed by atoms with van der Waals surface area (Å²) in [6.45, 7) is 1.04. The van der Waals surface area contributed by atoms with E-state index in [-0.39, 0.29) is 22.8 Å². The molecule has 1 amide bonds. The van der Waals surface area contributed by atoms with E-state index in [2.05, 4.69) is 9.55 Å². The number of amides is 1. The monoisotopic (exact) mass is 339 g/mol. The number of aryl methyl sites for hydroxylation is 1. The molecular weight excluding hydrogens is 321 g/mol. The lowest BCUT2D eigenvalue weighted by Crippen LogP contribution is -2.43. The Hall–Kier alpha value is -2.45. The van der Waals surface area contributed by atoms with Crippen LogP contribution < -0.4 is 10.4 Å². The van der Waals surface area contributed by atoms with Crippen LogP contribution in [0, 0.1) is 0 Å². The predicted molar refractivity (Wildman–Crippen MR) is 92.2 cm³/mol. The summed E-state index contributed by atoms with van der Waals surface area (Å²) in [5.74, 6) is -0.0307. The molecule has 2 aromatic rings. The van der Waals surface area contributed by atoms with E-state index in [9.17, 15) is 19.6 Å². The molecule has 0 atom stereocenters. The first-order chi connectivity index (χ1) is 12.1. The van der Waals surface area contributed by atoms with Gasteiger partial charge in [-0.1, -0.05) is 0 Å². The van der Waals surface area contributed by atoms with Gasteiger partial charge in [-0.15, -0.1) is 0 Å². The van der Waals surface area contributed by atoms with Gasteiger partial charge in [0.2, 0.25) is 0 Å². The Balaban J connectivity index is 1.77. The van der Waals surface area contributed by atoms with Gasteiger partial charge < -0.3 is 14.6 Å². The van der Waals surface area contributed by atoms with E-state index in [1.165, 1.54) is 28.4 Å². The van der Waals surface area contributed by atoms with E-state index < -0.39 is 7.12 Å². The van der Waals surface area contributed by atoms with Crippen LogP contribution in [0.1, 0.15) is 44.9 Å². The van der Waals surface area contributed by atoms with Crippen molar-refractivity contribution in [3.63, 3.8) is 0 Å². The van der Waals surface area contributed by atoms with Crippen molar-refractivity contribution in [2.45, 2.75) is 32.2 Å². The maximum absolute atomic E-state index is 13.0. The molecule has 2 aliphatic rings. The Morgan fingerprint density at radius 2 is 2.00 bits per heavy atom. The third kappa shape index (κ3) is 2.49. The minimum absolute atomic E-state index is 0.0376. The summed E-state index contributed by atoms with van der Waals surface area (Å²) >= 11 is 0. The van der Waals surface area contributed by atoms with Crippen LogP contribution in [-0.4, -0.2) is 45.5 Å². The number of anilines is 1. The lowest BCUT2D eigenvalue weighted by molar-refractivity contribution is 0.0963. The number of pyridine rings is 1. The highest BCUT2D eigenvalue weighted by Crippen LogP contribution is 2.29. The van der Waals surface area contributed by atoms with Gasteiger partial charge >= 0.3 is 7.12 Å². The number of aldehydes is 1. The molecule has 3 heterocycles. The summed E-state index contributed by atoms with van der Waals surface area (Å²) in [5.41, 5.74) is 3.19. The van der Waals surface area contributed by atoms with Gasteiger partial charge in [-0.25, -0.2) is 4.98 Å². The van der Waals surface area contributed by atoms with Crippen molar-refractivity contribution in [2.75, 3.05) is 11.4 Å². The number of nitrogens with zero attached hydrogens (tertiary/aromatic N) is 3. The van der Waals surface area contributed by atoms with Gasteiger partial charge in [-0.2, -0.15) is 0 Å². The Morgan fingerprint density at radius 1 is 1.20 bits per heavy atom. The van der Waals surface area contributed by atoms with Crippen LogP contribution in [-0.2, 0) is 19.4 Å². The summed E-state index contributed by atoms with van der Waals surface area (Å²) < 4.78 is 2.08. The van der Waals surface area contributed by atoms with Gasteiger partial charge in [0.15, 0.2) is 6.29 Å². The molecule has 7 nitrogen and oxygen atoms in total. The number of rotatable bonds is 3. The SMILES string of the molecule is O=Cc1c(B(O)O)ccnc1N1CCn2c(cc3c2CCCC3)C1=O. The van der Waals surface area contributed by atoms with Crippen molar-refractivity contribution in [1.29, 1.82) is 0 Å². The fraction of sp³-hybridized carbons (Fsp3) is 0.353. The first kappa shape index (κ1) is 16.0. The zero-order valence-electron chi connectivity index (χ0n) is 13.7. The minimum Gasteiger partial charge on any atom is -0.423 e. The zero-order chi connectivity index (χ0) is 17.6. The highest BCUT2D eigenvalue weighted by atomic mass is 16.4. The normalized spacial score (nSPS) is 16.4. The summed E-state index contributed by atoms with van der Waals surface area (Å²) in [7, 11) is -1.79. The number of aromatic nitrogens is 2. The Bertz CT molecular complexity index is 862. The van der Waals surface area contributed by atoms with Crippen LogP contribution in [0.2, 0.25) is 0 Å². The smallest absolute Gasteiger partial charge is 0.423 e. The van der Waals surface area contributed by atoms with E-state index in [0.717, 1.165) is 25.7 Å². The first-order valence-electron chi connectivity index (χ1n) is 8.45. The molecule has 128 valence electrons. The highest BCUT2D eigenvalue weighted by molar-refractivity contribution is 6.60. The molecule has 4 rings (SSSR count). The number of hydrogen-bond donors (Lipinski definition) is 2. The Labute approximate surface area is 145 Å². The molecule has 1 aliphatic heterocycles. The van der Waals surface area contributed by atoms with E-state index in [0.29, 0.717) is 25.1 Å². The maximum Gasteiger partial charge on any atom is 0.489 e. The third-order valence-electron chi connectivity index (χ3n) is 5.07. The van der Waals surface area contributed by atoms with Crippen molar-refractivity contribution in [3.05, 3.63) is 40.8 Å². The first-order valence-corrected chi connectivity index (χ1v) is 8.45. The molecule has 2 N–H and O–H groups in total. The fourth-order valence-corrected chi connectivity index (χ4v) is 3.88. The summed E-state index contributed by atoms with van der Waals surface area (Å²) in [4.78, 5) is 30.1. The van der Waals surface area contributed by atoms with Crippen molar-refractivity contribution < 1.29 is 19.6 Å². The molecular formula is C17H18BN3O4. The molecule has 0 saturated carbocycles. The number of hydrogen-bond acceptors (Lipinski definition) is 5. The summed E-state index contributed by atoms with van der Waals surface area (Å²) in [5, 5.41) is 18.9.